The number of ether oxygens (including phenoxy) is 1. The minimum absolute atomic E-state index is 0.0906. The first-order valence-corrected chi connectivity index (χ1v) is 6.15. The quantitative estimate of drug-likeness (QED) is 0.602. The zero-order valence-corrected chi connectivity index (χ0v) is 11.1. The molecule has 0 unspecified atom stereocenters. The number of methoxy groups -OCH3 is 1. The number of unbranched alkanes of at least 4 members (excludes halogenated alkanes) is 2. The summed E-state index contributed by atoms with van der Waals surface area (Å²) in [4.78, 5) is 12.0. The fourth-order valence-corrected chi connectivity index (χ4v) is 1.81. The summed E-state index contributed by atoms with van der Waals surface area (Å²) in [5.74, 6) is -0.235. The van der Waals surface area contributed by atoms with Crippen molar-refractivity contribution in [1.29, 1.82) is 0 Å². The second kappa shape index (κ2) is 6.28. The molecule has 2 N–H and O–H groups in total. The van der Waals surface area contributed by atoms with Crippen molar-refractivity contribution in [2.75, 3.05) is 7.11 Å². The van der Waals surface area contributed by atoms with E-state index in [1.54, 1.807) is 6.92 Å². The van der Waals surface area contributed by atoms with Gasteiger partial charge in [0.2, 0.25) is 0 Å². The molecule has 0 aliphatic carbocycles. The van der Waals surface area contributed by atoms with Crippen LogP contribution < -0.4 is 4.74 Å². The summed E-state index contributed by atoms with van der Waals surface area (Å²) >= 11 is 0. The van der Waals surface area contributed by atoms with Crippen LogP contribution in [0.5, 0.6) is 17.2 Å². The number of Topliss-reactive ketones (excluding diaryl/α,β-unsaturated/α-hetero) is 1. The number of phenols is 2. The highest BCUT2D eigenvalue weighted by molar-refractivity contribution is 6.00. The van der Waals surface area contributed by atoms with Crippen molar-refractivity contribution in [3.05, 3.63) is 17.2 Å². The van der Waals surface area contributed by atoms with Crippen LogP contribution >= 0.6 is 0 Å². The van der Waals surface area contributed by atoms with Gasteiger partial charge in [-0.05, 0) is 19.4 Å². The van der Waals surface area contributed by atoms with Crippen LogP contribution in [0, 0.1) is 6.92 Å². The molecule has 18 heavy (non-hydrogen) atoms. The summed E-state index contributed by atoms with van der Waals surface area (Å²) in [6, 6.07) is 1.36. The van der Waals surface area contributed by atoms with Crippen LogP contribution in [-0.2, 0) is 0 Å². The maximum Gasteiger partial charge on any atom is 0.171 e. The van der Waals surface area contributed by atoms with Gasteiger partial charge < -0.3 is 14.9 Å². The molecular weight excluding hydrogens is 232 g/mol. The number of rotatable bonds is 6. The molecule has 0 bridgehead atoms. The predicted molar refractivity (Wildman–Crippen MR) is 69.5 cm³/mol. The molecule has 0 saturated carbocycles. The highest BCUT2D eigenvalue weighted by Crippen LogP contribution is 2.39. The number of hydrogen-bond acceptors (Lipinski definition) is 4. The highest BCUT2D eigenvalue weighted by Gasteiger charge is 2.20. The van der Waals surface area contributed by atoms with Gasteiger partial charge in [-0.25, -0.2) is 0 Å². The van der Waals surface area contributed by atoms with Crippen molar-refractivity contribution < 1.29 is 19.7 Å². The van der Waals surface area contributed by atoms with E-state index in [1.165, 1.54) is 13.2 Å². The number of benzene rings is 1. The molecule has 1 aromatic carbocycles. The standard InChI is InChI=1S/C14H20O4/c1-4-5-6-7-11(15)10-8-12(16)9(2)13(17)14(10)18-3/h8,16-17H,4-7H2,1-3H3. The number of ketones is 1. The van der Waals surface area contributed by atoms with Gasteiger partial charge in [-0.3, -0.25) is 4.79 Å². The fraction of sp³-hybridized carbons (Fsp3) is 0.500. The van der Waals surface area contributed by atoms with E-state index in [9.17, 15) is 15.0 Å². The van der Waals surface area contributed by atoms with Crippen LogP contribution in [0.2, 0.25) is 0 Å². The summed E-state index contributed by atoms with van der Waals surface area (Å²) < 4.78 is 5.06. The Kier molecular flexibility index (Phi) is 5.01. The molecule has 0 aliphatic rings. The van der Waals surface area contributed by atoms with E-state index < -0.39 is 0 Å². The van der Waals surface area contributed by atoms with Gasteiger partial charge in [-0.1, -0.05) is 19.8 Å². The van der Waals surface area contributed by atoms with Crippen molar-refractivity contribution in [3.63, 3.8) is 0 Å². The SMILES string of the molecule is CCCCCC(=O)c1cc(O)c(C)c(O)c1OC. The Bertz CT molecular complexity index is 438. The Labute approximate surface area is 107 Å². The first-order valence-electron chi connectivity index (χ1n) is 6.15. The van der Waals surface area contributed by atoms with E-state index >= 15 is 0 Å². The van der Waals surface area contributed by atoms with Gasteiger partial charge in [0, 0.05) is 12.0 Å². The molecule has 0 atom stereocenters. The molecule has 0 amide bonds. The topological polar surface area (TPSA) is 66.8 Å². The Morgan fingerprint density at radius 3 is 2.56 bits per heavy atom. The molecule has 100 valence electrons. The zero-order valence-electron chi connectivity index (χ0n) is 11.1. The number of phenolic OH excluding ortho intramolecular Hbond substituents is 2. The van der Waals surface area contributed by atoms with Crippen LogP contribution in [0.4, 0.5) is 0 Å². The van der Waals surface area contributed by atoms with Gasteiger partial charge in [-0.15, -0.1) is 0 Å². The third kappa shape index (κ3) is 2.94. The van der Waals surface area contributed by atoms with Crippen molar-refractivity contribution in [2.45, 2.75) is 39.5 Å². The van der Waals surface area contributed by atoms with Gasteiger partial charge in [0.15, 0.2) is 17.3 Å². The van der Waals surface area contributed by atoms with E-state index in [4.69, 9.17) is 4.74 Å². The lowest BCUT2D eigenvalue weighted by atomic mass is 10.0. The van der Waals surface area contributed by atoms with Crippen molar-refractivity contribution in [3.8, 4) is 17.2 Å². The Morgan fingerprint density at radius 2 is 2.00 bits per heavy atom. The van der Waals surface area contributed by atoms with Gasteiger partial charge >= 0.3 is 0 Å². The molecule has 0 saturated heterocycles. The number of aromatic hydroxyl groups is 2. The lowest BCUT2D eigenvalue weighted by molar-refractivity contribution is 0.0975. The van der Waals surface area contributed by atoms with E-state index in [2.05, 4.69) is 6.92 Å². The lowest BCUT2D eigenvalue weighted by Gasteiger charge is -2.12. The second-order valence-corrected chi connectivity index (χ2v) is 4.33. The number of hydrogen-bond donors (Lipinski definition) is 2. The Morgan fingerprint density at radius 1 is 1.33 bits per heavy atom. The third-order valence-corrected chi connectivity index (χ3v) is 2.99. The molecule has 0 fully saturated rings. The minimum Gasteiger partial charge on any atom is -0.508 e. The molecule has 1 rings (SSSR count). The molecule has 1 aromatic rings. The Hall–Kier alpha value is -1.71. The molecule has 0 radical (unpaired) electrons. The van der Waals surface area contributed by atoms with Crippen LogP contribution in [0.1, 0.15) is 48.5 Å². The number of carbonyl (C=O) groups is 1. The minimum atomic E-state index is -0.170. The van der Waals surface area contributed by atoms with Crippen molar-refractivity contribution >= 4 is 5.78 Å². The molecular formula is C14H20O4. The van der Waals surface area contributed by atoms with Crippen LogP contribution in [-0.4, -0.2) is 23.1 Å². The first kappa shape index (κ1) is 14.4. The zero-order chi connectivity index (χ0) is 13.7. The van der Waals surface area contributed by atoms with E-state index in [0.717, 1.165) is 19.3 Å². The molecule has 0 spiro atoms. The van der Waals surface area contributed by atoms with E-state index in [1.807, 2.05) is 0 Å². The van der Waals surface area contributed by atoms with Crippen LogP contribution in [0.3, 0.4) is 0 Å². The maximum atomic E-state index is 12.0. The maximum absolute atomic E-state index is 12.0. The average molecular weight is 252 g/mol. The van der Waals surface area contributed by atoms with Gasteiger partial charge in [0.05, 0.1) is 12.7 Å². The molecule has 0 heterocycles. The lowest BCUT2D eigenvalue weighted by Crippen LogP contribution is -2.03. The van der Waals surface area contributed by atoms with E-state index in [-0.39, 0.29) is 28.6 Å². The number of carbonyl (C=O) groups excluding carboxylic acids is 1. The monoisotopic (exact) mass is 252 g/mol. The summed E-state index contributed by atoms with van der Waals surface area (Å²) in [6.07, 6.45) is 3.22. The van der Waals surface area contributed by atoms with Crippen LogP contribution in [0.15, 0.2) is 6.07 Å². The fourth-order valence-electron chi connectivity index (χ4n) is 1.81. The molecule has 4 nitrogen and oxygen atoms in total. The average Bonchev–Trinajstić information content (AvgIpc) is 2.35. The smallest absolute Gasteiger partial charge is 0.171 e. The van der Waals surface area contributed by atoms with E-state index in [0.29, 0.717) is 12.0 Å². The second-order valence-electron chi connectivity index (χ2n) is 4.33. The molecule has 0 aliphatic heterocycles. The molecule has 4 heteroatoms. The predicted octanol–water partition coefficient (Wildman–Crippen LogP) is 3.18. The summed E-state index contributed by atoms with van der Waals surface area (Å²) in [5, 5.41) is 19.5. The van der Waals surface area contributed by atoms with Crippen LogP contribution in [0.25, 0.3) is 0 Å². The van der Waals surface area contributed by atoms with Gasteiger partial charge in [0.1, 0.15) is 5.75 Å². The summed E-state index contributed by atoms with van der Waals surface area (Å²) in [7, 11) is 1.40. The Balaban J connectivity index is 3.04. The summed E-state index contributed by atoms with van der Waals surface area (Å²) in [6.45, 7) is 3.63. The molecule has 0 aromatic heterocycles. The largest absolute Gasteiger partial charge is 0.508 e. The highest BCUT2D eigenvalue weighted by atomic mass is 16.5. The van der Waals surface area contributed by atoms with Gasteiger partial charge in [-0.2, -0.15) is 0 Å². The third-order valence-electron chi connectivity index (χ3n) is 2.99. The summed E-state index contributed by atoms with van der Waals surface area (Å²) in [5.41, 5.74) is 0.561. The first-order chi connectivity index (χ1) is 8.52. The van der Waals surface area contributed by atoms with Crippen molar-refractivity contribution in [1.82, 2.24) is 0 Å². The normalized spacial score (nSPS) is 10.4. The van der Waals surface area contributed by atoms with Crippen molar-refractivity contribution in [2.24, 2.45) is 0 Å². The van der Waals surface area contributed by atoms with Gasteiger partial charge in [0.25, 0.3) is 0 Å².